The van der Waals surface area contributed by atoms with Gasteiger partial charge in [0.25, 0.3) is 0 Å². The Morgan fingerprint density at radius 2 is 2.06 bits per heavy atom. The molecule has 0 aromatic carbocycles. The van der Waals surface area contributed by atoms with Gasteiger partial charge in [-0.25, -0.2) is 4.79 Å². The van der Waals surface area contributed by atoms with E-state index >= 15 is 0 Å². The van der Waals surface area contributed by atoms with Crippen molar-refractivity contribution in [1.29, 1.82) is 0 Å². The van der Waals surface area contributed by atoms with E-state index in [0.717, 1.165) is 32.6 Å². The highest BCUT2D eigenvalue weighted by atomic mass is 16.6. The number of likely N-dealkylation sites (tertiary alicyclic amines) is 1. The molecule has 1 spiro atoms. The third-order valence-corrected chi connectivity index (χ3v) is 4.03. The molecule has 0 aromatic rings. The second-order valence-electron chi connectivity index (χ2n) is 6.54. The van der Waals surface area contributed by atoms with Crippen molar-refractivity contribution in [3.8, 4) is 0 Å². The molecule has 17 heavy (non-hydrogen) atoms. The smallest absolute Gasteiger partial charge is 0.410 e. The summed E-state index contributed by atoms with van der Waals surface area (Å²) < 4.78 is 5.42. The molecule has 1 atom stereocenters. The number of hydrogen-bond donors (Lipinski definition) is 1. The zero-order valence-corrected chi connectivity index (χ0v) is 11.4. The number of nitrogens with zero attached hydrogens (tertiary/aromatic N) is 1. The highest BCUT2D eigenvalue weighted by Gasteiger charge is 2.46. The minimum atomic E-state index is -0.395. The highest BCUT2D eigenvalue weighted by Crippen LogP contribution is 2.39. The molecule has 2 saturated heterocycles. The van der Waals surface area contributed by atoms with Crippen molar-refractivity contribution in [3.63, 3.8) is 0 Å². The summed E-state index contributed by atoms with van der Waals surface area (Å²) in [5.74, 6) is 0.560. The average molecular weight is 240 g/mol. The van der Waals surface area contributed by atoms with E-state index in [1.165, 1.54) is 0 Å². The van der Waals surface area contributed by atoms with Gasteiger partial charge < -0.3 is 15.0 Å². The zero-order valence-electron chi connectivity index (χ0n) is 11.4. The van der Waals surface area contributed by atoms with Gasteiger partial charge in [0.05, 0.1) is 0 Å². The summed E-state index contributed by atoms with van der Waals surface area (Å²) >= 11 is 0. The molecule has 2 heterocycles. The molecule has 0 radical (unpaired) electrons. The maximum absolute atomic E-state index is 12.0. The number of rotatable bonds is 0. The van der Waals surface area contributed by atoms with E-state index in [1.54, 1.807) is 0 Å². The van der Waals surface area contributed by atoms with Crippen molar-refractivity contribution >= 4 is 6.09 Å². The quantitative estimate of drug-likeness (QED) is 0.702. The predicted octanol–water partition coefficient (Wildman–Crippen LogP) is 1.85. The molecular formula is C13H24N2O2. The highest BCUT2D eigenvalue weighted by molar-refractivity contribution is 5.68. The second kappa shape index (κ2) is 4.16. The molecule has 4 nitrogen and oxygen atoms in total. The molecule has 4 heteroatoms. The first-order chi connectivity index (χ1) is 7.82. The van der Waals surface area contributed by atoms with Crippen LogP contribution in [0.1, 0.15) is 34.1 Å². The van der Waals surface area contributed by atoms with Crippen LogP contribution in [0.2, 0.25) is 0 Å². The van der Waals surface area contributed by atoms with Crippen LogP contribution in [-0.2, 0) is 4.74 Å². The number of ether oxygens (including phenoxy) is 1. The van der Waals surface area contributed by atoms with E-state index < -0.39 is 5.60 Å². The van der Waals surface area contributed by atoms with Gasteiger partial charge >= 0.3 is 6.09 Å². The van der Waals surface area contributed by atoms with Gasteiger partial charge in [0.1, 0.15) is 5.60 Å². The Morgan fingerprint density at radius 1 is 1.41 bits per heavy atom. The van der Waals surface area contributed by atoms with E-state index in [9.17, 15) is 4.79 Å². The minimum absolute atomic E-state index is 0.161. The molecule has 0 aliphatic carbocycles. The minimum Gasteiger partial charge on any atom is -0.444 e. The standard InChI is InChI=1S/C13H24N2O2/c1-10-7-15(11(16)17-12(2,3)4)6-5-13(10)8-14-9-13/h10,14H,5-9H2,1-4H3/t10-/m1/s1. The Labute approximate surface area is 104 Å². The fraction of sp³-hybridized carbons (Fsp3) is 0.923. The summed E-state index contributed by atoms with van der Waals surface area (Å²) in [5, 5.41) is 3.35. The van der Waals surface area contributed by atoms with Crippen molar-refractivity contribution in [2.45, 2.75) is 39.7 Å². The summed E-state index contributed by atoms with van der Waals surface area (Å²) in [6.07, 6.45) is 0.937. The van der Waals surface area contributed by atoms with E-state index in [2.05, 4.69) is 12.2 Å². The number of carbonyl (C=O) groups excluding carboxylic acids is 1. The van der Waals surface area contributed by atoms with Crippen LogP contribution in [0.3, 0.4) is 0 Å². The van der Waals surface area contributed by atoms with Crippen LogP contribution in [0.4, 0.5) is 4.79 Å². The first kappa shape index (κ1) is 12.7. The van der Waals surface area contributed by atoms with Crippen LogP contribution in [0.15, 0.2) is 0 Å². The van der Waals surface area contributed by atoms with Crippen LogP contribution in [0.5, 0.6) is 0 Å². The van der Waals surface area contributed by atoms with E-state index in [1.807, 2.05) is 25.7 Å². The Hall–Kier alpha value is -0.770. The van der Waals surface area contributed by atoms with Crippen molar-refractivity contribution in [1.82, 2.24) is 10.2 Å². The van der Waals surface area contributed by atoms with Crippen molar-refractivity contribution in [2.24, 2.45) is 11.3 Å². The molecule has 0 saturated carbocycles. The predicted molar refractivity (Wildman–Crippen MR) is 66.9 cm³/mol. The fourth-order valence-corrected chi connectivity index (χ4v) is 2.68. The van der Waals surface area contributed by atoms with Crippen LogP contribution < -0.4 is 5.32 Å². The summed E-state index contributed by atoms with van der Waals surface area (Å²) in [5.41, 5.74) is 0.0476. The van der Waals surface area contributed by atoms with Crippen LogP contribution in [-0.4, -0.2) is 42.8 Å². The summed E-state index contributed by atoms with van der Waals surface area (Å²) in [7, 11) is 0. The molecule has 1 amide bonds. The molecule has 98 valence electrons. The normalized spacial score (nSPS) is 27.8. The topological polar surface area (TPSA) is 41.6 Å². The fourth-order valence-electron chi connectivity index (χ4n) is 2.68. The Bertz CT molecular complexity index is 305. The maximum atomic E-state index is 12.0. The van der Waals surface area contributed by atoms with E-state index in [4.69, 9.17) is 4.74 Å². The third-order valence-electron chi connectivity index (χ3n) is 4.03. The van der Waals surface area contributed by atoms with Crippen molar-refractivity contribution in [2.75, 3.05) is 26.2 Å². The maximum Gasteiger partial charge on any atom is 0.410 e. The summed E-state index contributed by atoms with van der Waals surface area (Å²) in [6, 6.07) is 0. The lowest BCUT2D eigenvalue weighted by Gasteiger charge is -2.52. The van der Waals surface area contributed by atoms with Gasteiger partial charge in [0.15, 0.2) is 0 Å². The largest absolute Gasteiger partial charge is 0.444 e. The van der Waals surface area contributed by atoms with Crippen molar-refractivity contribution < 1.29 is 9.53 Å². The summed E-state index contributed by atoms with van der Waals surface area (Å²) in [4.78, 5) is 13.8. The van der Waals surface area contributed by atoms with Crippen molar-refractivity contribution in [3.05, 3.63) is 0 Å². The van der Waals surface area contributed by atoms with Crippen LogP contribution in [0, 0.1) is 11.3 Å². The molecular weight excluding hydrogens is 216 g/mol. The van der Waals surface area contributed by atoms with E-state index in [-0.39, 0.29) is 6.09 Å². The number of carbonyl (C=O) groups is 1. The monoisotopic (exact) mass is 240 g/mol. The van der Waals surface area contributed by atoms with Gasteiger partial charge in [-0.05, 0) is 33.1 Å². The lowest BCUT2D eigenvalue weighted by molar-refractivity contribution is -0.0230. The van der Waals surface area contributed by atoms with Gasteiger partial charge in [-0.2, -0.15) is 0 Å². The van der Waals surface area contributed by atoms with Gasteiger partial charge in [-0.3, -0.25) is 0 Å². The Morgan fingerprint density at radius 3 is 2.47 bits per heavy atom. The van der Waals surface area contributed by atoms with Crippen LogP contribution >= 0.6 is 0 Å². The van der Waals surface area contributed by atoms with Gasteiger partial charge in [0, 0.05) is 31.6 Å². The number of hydrogen-bond acceptors (Lipinski definition) is 3. The van der Waals surface area contributed by atoms with E-state index in [0.29, 0.717) is 11.3 Å². The summed E-state index contributed by atoms with van der Waals surface area (Å²) in [6.45, 7) is 11.9. The van der Waals surface area contributed by atoms with Gasteiger partial charge in [-0.1, -0.05) is 6.92 Å². The SMILES string of the molecule is C[C@@H]1CN(C(=O)OC(C)(C)C)CCC12CNC2. The molecule has 2 fully saturated rings. The Balaban J connectivity index is 1.91. The molecule has 2 rings (SSSR count). The van der Waals surface area contributed by atoms with Gasteiger partial charge in [0.2, 0.25) is 0 Å². The molecule has 0 unspecified atom stereocenters. The third kappa shape index (κ3) is 2.57. The Kier molecular flexibility index (Phi) is 3.10. The number of nitrogens with one attached hydrogen (secondary N) is 1. The number of piperidine rings is 1. The lowest BCUT2D eigenvalue weighted by atomic mass is 9.67. The second-order valence-corrected chi connectivity index (χ2v) is 6.54. The average Bonchev–Trinajstić information content (AvgIpc) is 2.12. The molecule has 2 aliphatic heterocycles. The molecule has 0 aromatic heterocycles. The number of amides is 1. The lowest BCUT2D eigenvalue weighted by Crippen LogP contribution is -2.63. The zero-order chi connectivity index (χ0) is 12.7. The first-order valence-electron chi connectivity index (χ1n) is 6.51. The van der Waals surface area contributed by atoms with Crippen LogP contribution in [0.25, 0.3) is 0 Å². The first-order valence-corrected chi connectivity index (χ1v) is 6.51. The van der Waals surface area contributed by atoms with Gasteiger partial charge in [-0.15, -0.1) is 0 Å². The molecule has 1 N–H and O–H groups in total. The molecule has 2 aliphatic rings. The molecule has 0 bridgehead atoms.